The van der Waals surface area contributed by atoms with Crippen molar-refractivity contribution in [3.63, 3.8) is 0 Å². The van der Waals surface area contributed by atoms with Crippen LogP contribution in [0.4, 0.5) is 0 Å². The van der Waals surface area contributed by atoms with Crippen LogP contribution in [0.3, 0.4) is 0 Å². The molecule has 3 heterocycles. The second-order valence-electron chi connectivity index (χ2n) is 7.33. The van der Waals surface area contributed by atoms with E-state index in [4.69, 9.17) is 0 Å². The van der Waals surface area contributed by atoms with Crippen molar-refractivity contribution < 1.29 is 0 Å². The normalized spacial score (nSPS) is 50.1. The van der Waals surface area contributed by atoms with E-state index < -0.39 is 0 Å². The topological polar surface area (TPSA) is 36.1 Å². The van der Waals surface area contributed by atoms with Crippen LogP contribution in [0.5, 0.6) is 0 Å². The Labute approximate surface area is 105 Å². The van der Waals surface area contributed by atoms with Gasteiger partial charge in [-0.15, -0.1) is 0 Å². The third-order valence-electron chi connectivity index (χ3n) is 5.20. The van der Waals surface area contributed by atoms with Gasteiger partial charge in [0, 0.05) is 18.6 Å². The van der Waals surface area contributed by atoms with E-state index in [0.717, 1.165) is 24.3 Å². The average Bonchev–Trinajstić information content (AvgIpc) is 2.70. The van der Waals surface area contributed by atoms with Crippen molar-refractivity contribution in [2.45, 2.75) is 52.4 Å². The highest BCUT2D eigenvalue weighted by molar-refractivity contribution is 5.09. The van der Waals surface area contributed by atoms with Gasteiger partial charge in [-0.3, -0.25) is 10.6 Å². The van der Waals surface area contributed by atoms with E-state index in [9.17, 15) is 0 Å². The number of hydrogen-bond donors (Lipinski definition) is 3. The molecule has 0 aromatic heterocycles. The highest BCUT2D eigenvalue weighted by Crippen LogP contribution is 2.48. The summed E-state index contributed by atoms with van der Waals surface area (Å²) in [6.45, 7) is 12.0. The second kappa shape index (κ2) is 3.94. The molecule has 0 radical (unpaired) electrons. The Morgan fingerprint density at radius 3 is 2.59 bits per heavy atom. The molecule has 0 saturated carbocycles. The van der Waals surface area contributed by atoms with Crippen molar-refractivity contribution in [3.05, 3.63) is 0 Å². The molecule has 3 heteroatoms. The van der Waals surface area contributed by atoms with E-state index in [1.165, 1.54) is 13.0 Å². The van der Waals surface area contributed by atoms with Crippen LogP contribution >= 0.6 is 0 Å². The molecule has 3 N–H and O–H groups in total. The Morgan fingerprint density at radius 2 is 1.88 bits per heavy atom. The SMILES string of the molecule is CC1NC2NC3CNCCC3C2C1C(C)(C)C. The van der Waals surface area contributed by atoms with E-state index in [-0.39, 0.29) is 0 Å². The van der Waals surface area contributed by atoms with Gasteiger partial charge < -0.3 is 5.32 Å². The fourth-order valence-corrected chi connectivity index (χ4v) is 4.79. The zero-order valence-electron chi connectivity index (χ0n) is 11.6. The lowest BCUT2D eigenvalue weighted by Gasteiger charge is -2.39. The molecule has 3 saturated heterocycles. The third-order valence-corrected chi connectivity index (χ3v) is 5.20. The maximum Gasteiger partial charge on any atom is 0.0612 e. The summed E-state index contributed by atoms with van der Waals surface area (Å²) >= 11 is 0. The lowest BCUT2D eigenvalue weighted by atomic mass is 9.66. The summed E-state index contributed by atoms with van der Waals surface area (Å²) in [5.41, 5.74) is 0.410. The van der Waals surface area contributed by atoms with Crippen molar-refractivity contribution in [2.24, 2.45) is 23.2 Å². The zero-order chi connectivity index (χ0) is 12.2. The van der Waals surface area contributed by atoms with Crippen LogP contribution in [0.2, 0.25) is 0 Å². The molecule has 0 aromatic carbocycles. The largest absolute Gasteiger partial charge is 0.315 e. The van der Waals surface area contributed by atoms with Gasteiger partial charge in [0.05, 0.1) is 6.17 Å². The van der Waals surface area contributed by atoms with Crippen LogP contribution in [0.15, 0.2) is 0 Å². The second-order valence-corrected chi connectivity index (χ2v) is 7.33. The van der Waals surface area contributed by atoms with Crippen LogP contribution < -0.4 is 16.0 Å². The first-order chi connectivity index (χ1) is 7.98. The number of nitrogens with one attached hydrogen (secondary N) is 3. The molecule has 6 unspecified atom stereocenters. The minimum absolute atomic E-state index is 0.410. The number of fused-ring (bicyclic) bond motifs is 3. The zero-order valence-corrected chi connectivity index (χ0v) is 11.6. The first-order valence-corrected chi connectivity index (χ1v) is 7.21. The van der Waals surface area contributed by atoms with Crippen LogP contribution in [0, 0.1) is 23.2 Å². The van der Waals surface area contributed by atoms with E-state index >= 15 is 0 Å². The molecule has 0 bridgehead atoms. The van der Waals surface area contributed by atoms with Gasteiger partial charge in [-0.2, -0.15) is 0 Å². The molecule has 3 nitrogen and oxygen atoms in total. The lowest BCUT2D eigenvalue weighted by Crippen LogP contribution is -2.49. The molecule has 0 aromatic rings. The van der Waals surface area contributed by atoms with Crippen molar-refractivity contribution in [2.75, 3.05) is 13.1 Å². The predicted molar refractivity (Wildman–Crippen MR) is 70.7 cm³/mol. The fraction of sp³-hybridized carbons (Fsp3) is 1.00. The molecule has 98 valence electrons. The standard InChI is InChI=1S/C14H27N3/c1-8-12(14(2,3)4)11-9-5-6-15-7-10(9)17-13(11)16-8/h8-13,15-17H,5-7H2,1-4H3. The van der Waals surface area contributed by atoms with E-state index in [2.05, 4.69) is 43.6 Å². The molecular formula is C14H27N3. The quantitative estimate of drug-likeness (QED) is 0.592. The third kappa shape index (κ3) is 1.83. The van der Waals surface area contributed by atoms with Crippen LogP contribution in [0.25, 0.3) is 0 Å². The van der Waals surface area contributed by atoms with Gasteiger partial charge in [-0.05, 0) is 43.1 Å². The summed E-state index contributed by atoms with van der Waals surface area (Å²) in [6, 6.07) is 1.34. The number of rotatable bonds is 0. The van der Waals surface area contributed by atoms with E-state index in [1.807, 2.05) is 0 Å². The van der Waals surface area contributed by atoms with Gasteiger partial charge in [0.15, 0.2) is 0 Å². The molecule has 6 atom stereocenters. The maximum atomic E-state index is 3.81. The van der Waals surface area contributed by atoms with Gasteiger partial charge >= 0.3 is 0 Å². The molecule has 17 heavy (non-hydrogen) atoms. The van der Waals surface area contributed by atoms with Gasteiger partial charge in [0.2, 0.25) is 0 Å². The van der Waals surface area contributed by atoms with Crippen LogP contribution in [0.1, 0.15) is 34.1 Å². The summed E-state index contributed by atoms with van der Waals surface area (Å²) in [5.74, 6) is 2.51. The molecule has 0 spiro atoms. The Hall–Kier alpha value is -0.120. The van der Waals surface area contributed by atoms with Crippen LogP contribution in [-0.4, -0.2) is 31.3 Å². The van der Waals surface area contributed by atoms with Crippen molar-refractivity contribution in [1.29, 1.82) is 0 Å². The monoisotopic (exact) mass is 237 g/mol. The van der Waals surface area contributed by atoms with Gasteiger partial charge in [-0.1, -0.05) is 20.8 Å². The fourth-order valence-electron chi connectivity index (χ4n) is 4.79. The minimum atomic E-state index is 0.410. The molecule has 3 aliphatic heterocycles. The molecule has 3 aliphatic rings. The molecular weight excluding hydrogens is 210 g/mol. The highest BCUT2D eigenvalue weighted by Gasteiger charge is 2.55. The summed E-state index contributed by atoms with van der Waals surface area (Å²) in [5, 5.41) is 11.1. The molecule has 0 amide bonds. The first kappa shape index (κ1) is 11.9. The van der Waals surface area contributed by atoms with Crippen molar-refractivity contribution >= 4 is 0 Å². The summed E-state index contributed by atoms with van der Waals surface area (Å²) in [4.78, 5) is 0. The molecule has 3 rings (SSSR count). The Balaban J connectivity index is 1.86. The Morgan fingerprint density at radius 1 is 1.12 bits per heavy atom. The van der Waals surface area contributed by atoms with Gasteiger partial charge in [0.1, 0.15) is 0 Å². The van der Waals surface area contributed by atoms with Gasteiger partial charge in [0.25, 0.3) is 0 Å². The molecule has 0 aliphatic carbocycles. The van der Waals surface area contributed by atoms with E-state index in [1.54, 1.807) is 0 Å². The summed E-state index contributed by atoms with van der Waals surface area (Å²) in [6.07, 6.45) is 1.91. The van der Waals surface area contributed by atoms with Crippen LogP contribution in [-0.2, 0) is 0 Å². The smallest absolute Gasteiger partial charge is 0.0612 e. The van der Waals surface area contributed by atoms with Gasteiger partial charge in [-0.25, -0.2) is 0 Å². The maximum absolute atomic E-state index is 3.81. The predicted octanol–water partition coefficient (Wildman–Crippen LogP) is 1.16. The highest BCUT2D eigenvalue weighted by atomic mass is 15.2. The Kier molecular flexibility index (Phi) is 2.77. The average molecular weight is 237 g/mol. The minimum Gasteiger partial charge on any atom is -0.315 e. The summed E-state index contributed by atoms with van der Waals surface area (Å²) < 4.78 is 0. The van der Waals surface area contributed by atoms with E-state index in [0.29, 0.717) is 23.7 Å². The number of hydrogen-bond acceptors (Lipinski definition) is 3. The Bertz CT molecular complexity index is 296. The summed E-state index contributed by atoms with van der Waals surface area (Å²) in [7, 11) is 0. The van der Waals surface area contributed by atoms with Crippen molar-refractivity contribution in [1.82, 2.24) is 16.0 Å². The number of piperidine rings is 1. The molecule has 3 fully saturated rings. The lowest BCUT2D eigenvalue weighted by molar-refractivity contribution is 0.123. The van der Waals surface area contributed by atoms with Crippen molar-refractivity contribution in [3.8, 4) is 0 Å². The first-order valence-electron chi connectivity index (χ1n) is 7.21.